The summed E-state index contributed by atoms with van der Waals surface area (Å²) in [7, 11) is 1.61. The highest BCUT2D eigenvalue weighted by Gasteiger charge is 2.26. The highest BCUT2D eigenvalue weighted by atomic mass is 16.5. The van der Waals surface area contributed by atoms with Crippen molar-refractivity contribution in [3.63, 3.8) is 0 Å². The molecule has 25 heavy (non-hydrogen) atoms. The first kappa shape index (κ1) is 15.4. The summed E-state index contributed by atoms with van der Waals surface area (Å²) in [5, 5.41) is 4.49. The van der Waals surface area contributed by atoms with Crippen molar-refractivity contribution in [3.05, 3.63) is 47.9 Å². The summed E-state index contributed by atoms with van der Waals surface area (Å²) in [5.74, 6) is 1.37. The van der Waals surface area contributed by atoms with Gasteiger partial charge in [-0.2, -0.15) is 0 Å². The van der Waals surface area contributed by atoms with Gasteiger partial charge in [-0.3, -0.25) is 4.79 Å². The number of carbonyl (C=O) groups is 1. The van der Waals surface area contributed by atoms with Crippen LogP contribution in [0.5, 0.6) is 11.5 Å². The summed E-state index contributed by atoms with van der Waals surface area (Å²) < 4.78 is 16.5. The Hall–Kier alpha value is -3.09. The molecule has 2 aromatic heterocycles. The lowest BCUT2D eigenvalue weighted by Gasteiger charge is -2.26. The van der Waals surface area contributed by atoms with Gasteiger partial charge >= 0.3 is 0 Å². The summed E-state index contributed by atoms with van der Waals surface area (Å²) in [4.78, 5) is 18.8. The van der Waals surface area contributed by atoms with Crippen molar-refractivity contribution >= 4 is 16.9 Å². The fourth-order valence-corrected chi connectivity index (χ4v) is 2.98. The molecular formula is C18H17N3O4. The van der Waals surface area contributed by atoms with Crippen LogP contribution in [0.1, 0.15) is 22.5 Å². The minimum absolute atomic E-state index is 0.203. The lowest BCUT2D eigenvalue weighted by Crippen LogP contribution is -2.33. The molecule has 7 nitrogen and oxygen atoms in total. The fourth-order valence-electron chi connectivity index (χ4n) is 2.98. The summed E-state index contributed by atoms with van der Waals surface area (Å²) in [5.41, 5.74) is 1.33. The Bertz CT molecular complexity index is 922. The number of hydrogen-bond donors (Lipinski definition) is 0. The number of aromatic nitrogens is 2. The molecular weight excluding hydrogens is 322 g/mol. The van der Waals surface area contributed by atoms with Gasteiger partial charge in [0.1, 0.15) is 0 Å². The van der Waals surface area contributed by atoms with Crippen LogP contribution in [0.15, 0.2) is 41.1 Å². The SMILES string of the molecule is COc1cccc2c1OCCCN(C(=O)c1onc3ncccc13)C2. The number of carbonyl (C=O) groups excluding carboxylic acids is 1. The second-order valence-corrected chi connectivity index (χ2v) is 5.76. The van der Waals surface area contributed by atoms with E-state index in [1.54, 1.807) is 30.3 Å². The molecule has 0 aliphatic carbocycles. The van der Waals surface area contributed by atoms with Crippen LogP contribution in [0, 0.1) is 0 Å². The van der Waals surface area contributed by atoms with E-state index >= 15 is 0 Å². The summed E-state index contributed by atoms with van der Waals surface area (Å²) >= 11 is 0. The van der Waals surface area contributed by atoms with Gasteiger partial charge in [0.05, 0.1) is 19.1 Å². The first-order valence-corrected chi connectivity index (χ1v) is 8.06. The summed E-state index contributed by atoms with van der Waals surface area (Å²) in [6.07, 6.45) is 2.34. The normalized spacial score (nSPS) is 14.4. The molecule has 0 bridgehead atoms. The van der Waals surface area contributed by atoms with Gasteiger partial charge in [-0.1, -0.05) is 17.3 Å². The van der Waals surface area contributed by atoms with Crippen molar-refractivity contribution in [2.75, 3.05) is 20.3 Å². The van der Waals surface area contributed by atoms with Crippen LogP contribution in [-0.4, -0.2) is 41.2 Å². The Kier molecular flexibility index (Phi) is 3.97. The minimum atomic E-state index is -0.203. The molecule has 0 saturated carbocycles. The van der Waals surface area contributed by atoms with E-state index in [0.717, 1.165) is 5.56 Å². The van der Waals surface area contributed by atoms with Crippen molar-refractivity contribution in [3.8, 4) is 11.5 Å². The third kappa shape index (κ3) is 2.77. The van der Waals surface area contributed by atoms with Crippen LogP contribution in [0.2, 0.25) is 0 Å². The lowest BCUT2D eigenvalue weighted by atomic mass is 10.1. The number of hydrogen-bond acceptors (Lipinski definition) is 6. The molecule has 7 heteroatoms. The number of amides is 1. The van der Waals surface area contributed by atoms with Crippen molar-refractivity contribution < 1.29 is 18.8 Å². The predicted molar refractivity (Wildman–Crippen MR) is 89.7 cm³/mol. The molecule has 3 aromatic rings. The van der Waals surface area contributed by atoms with Crippen LogP contribution in [0.3, 0.4) is 0 Å². The van der Waals surface area contributed by atoms with Gasteiger partial charge in [0.25, 0.3) is 5.91 Å². The number of pyridine rings is 1. The average molecular weight is 339 g/mol. The highest BCUT2D eigenvalue weighted by molar-refractivity contribution is 6.02. The van der Waals surface area contributed by atoms with E-state index in [9.17, 15) is 4.79 Å². The molecule has 4 rings (SSSR count). The Morgan fingerprint density at radius 1 is 1.28 bits per heavy atom. The standard InChI is InChI=1S/C18H17N3O4/c1-23-14-7-2-5-12-11-21(9-4-10-24-15(12)14)18(22)16-13-6-3-8-19-17(13)20-25-16/h2-3,5-8H,4,9-11H2,1H3. The summed E-state index contributed by atoms with van der Waals surface area (Å²) in [6, 6.07) is 9.22. The van der Waals surface area contributed by atoms with Crippen LogP contribution < -0.4 is 9.47 Å². The van der Waals surface area contributed by atoms with E-state index in [1.807, 2.05) is 18.2 Å². The van der Waals surface area contributed by atoms with E-state index < -0.39 is 0 Å². The van der Waals surface area contributed by atoms with Gasteiger partial charge in [0.2, 0.25) is 11.4 Å². The Morgan fingerprint density at radius 3 is 3.08 bits per heavy atom. The molecule has 0 fully saturated rings. The fraction of sp³-hybridized carbons (Fsp3) is 0.278. The highest BCUT2D eigenvalue weighted by Crippen LogP contribution is 2.33. The maximum absolute atomic E-state index is 13.0. The van der Waals surface area contributed by atoms with Gasteiger partial charge in [0.15, 0.2) is 11.5 Å². The van der Waals surface area contributed by atoms with Crippen LogP contribution in [0.25, 0.3) is 11.0 Å². The van der Waals surface area contributed by atoms with Crippen LogP contribution >= 0.6 is 0 Å². The Morgan fingerprint density at radius 2 is 2.20 bits per heavy atom. The third-order valence-corrected chi connectivity index (χ3v) is 4.20. The summed E-state index contributed by atoms with van der Waals surface area (Å²) in [6.45, 7) is 1.49. The molecule has 1 aliphatic heterocycles. The molecule has 1 aliphatic rings. The van der Waals surface area contributed by atoms with Crippen LogP contribution in [-0.2, 0) is 6.54 Å². The number of rotatable bonds is 2. The molecule has 0 unspecified atom stereocenters. The lowest BCUT2D eigenvalue weighted by molar-refractivity contribution is 0.0682. The maximum atomic E-state index is 13.0. The molecule has 0 saturated heterocycles. The number of para-hydroxylation sites is 1. The molecule has 128 valence electrons. The molecule has 0 N–H and O–H groups in total. The van der Waals surface area contributed by atoms with Crippen molar-refractivity contribution in [2.45, 2.75) is 13.0 Å². The zero-order valence-electron chi connectivity index (χ0n) is 13.8. The second kappa shape index (κ2) is 6.43. The molecule has 0 atom stereocenters. The van der Waals surface area contributed by atoms with Gasteiger partial charge < -0.3 is 18.9 Å². The second-order valence-electron chi connectivity index (χ2n) is 5.76. The number of ether oxygens (including phenoxy) is 2. The molecule has 0 spiro atoms. The predicted octanol–water partition coefficient (Wildman–Crippen LogP) is 2.66. The number of methoxy groups -OCH3 is 1. The van der Waals surface area contributed by atoms with Crippen molar-refractivity contribution in [1.29, 1.82) is 0 Å². The Labute approximate surface area is 144 Å². The van der Waals surface area contributed by atoms with E-state index in [2.05, 4.69) is 10.1 Å². The van der Waals surface area contributed by atoms with Gasteiger partial charge in [-0.15, -0.1) is 0 Å². The van der Waals surface area contributed by atoms with Gasteiger partial charge in [-0.05, 0) is 24.6 Å². The molecule has 1 amide bonds. The molecule has 1 aromatic carbocycles. The van der Waals surface area contributed by atoms with E-state index in [1.165, 1.54) is 0 Å². The monoisotopic (exact) mass is 339 g/mol. The van der Waals surface area contributed by atoms with Gasteiger partial charge in [-0.25, -0.2) is 4.98 Å². The molecule has 3 heterocycles. The average Bonchev–Trinajstić information content (AvgIpc) is 3.05. The quantitative estimate of drug-likeness (QED) is 0.714. The maximum Gasteiger partial charge on any atom is 0.293 e. The van der Waals surface area contributed by atoms with E-state index in [0.29, 0.717) is 48.6 Å². The first-order valence-electron chi connectivity index (χ1n) is 8.06. The van der Waals surface area contributed by atoms with Gasteiger partial charge in [0, 0.05) is 24.8 Å². The minimum Gasteiger partial charge on any atom is -0.493 e. The largest absolute Gasteiger partial charge is 0.493 e. The first-order chi connectivity index (χ1) is 12.3. The van der Waals surface area contributed by atoms with Crippen LogP contribution in [0.4, 0.5) is 0 Å². The number of nitrogens with zero attached hydrogens (tertiary/aromatic N) is 3. The number of benzene rings is 1. The third-order valence-electron chi connectivity index (χ3n) is 4.20. The van der Waals surface area contributed by atoms with Crippen molar-refractivity contribution in [1.82, 2.24) is 15.0 Å². The number of fused-ring (bicyclic) bond motifs is 2. The smallest absolute Gasteiger partial charge is 0.293 e. The van der Waals surface area contributed by atoms with Crippen molar-refractivity contribution in [2.24, 2.45) is 0 Å². The zero-order valence-corrected chi connectivity index (χ0v) is 13.8. The van der Waals surface area contributed by atoms with E-state index in [-0.39, 0.29) is 11.7 Å². The Balaban J connectivity index is 1.69. The zero-order chi connectivity index (χ0) is 17.2. The van der Waals surface area contributed by atoms with E-state index in [4.69, 9.17) is 14.0 Å². The topological polar surface area (TPSA) is 77.7 Å². The molecule has 0 radical (unpaired) electrons.